The quantitative estimate of drug-likeness (QED) is 0.682. The Morgan fingerprint density at radius 3 is 2.87 bits per heavy atom. The average Bonchev–Trinajstić information content (AvgIpc) is 3.46. The molecule has 166 valence electrons. The number of hydrogen-bond donors (Lipinski definition) is 1. The van der Waals surface area contributed by atoms with Crippen molar-refractivity contribution in [3.05, 3.63) is 6.33 Å². The molecule has 1 aliphatic carbocycles. The Morgan fingerprint density at radius 1 is 1.39 bits per heavy atom. The maximum atomic E-state index is 13.2. The second-order valence-corrected chi connectivity index (χ2v) is 9.69. The van der Waals surface area contributed by atoms with Crippen LogP contribution in [-0.2, 0) is 22.9 Å². The van der Waals surface area contributed by atoms with E-state index in [0.29, 0.717) is 11.2 Å². The van der Waals surface area contributed by atoms with E-state index in [1.165, 1.54) is 13.4 Å². The van der Waals surface area contributed by atoms with Crippen molar-refractivity contribution in [2.24, 2.45) is 5.41 Å². The molecule has 2 aromatic heterocycles. The van der Waals surface area contributed by atoms with E-state index in [4.69, 9.17) is 28.8 Å². The number of nitrogens with zero attached hydrogens (tertiary/aromatic N) is 5. The number of fused-ring (bicyclic) bond motifs is 2. The second kappa shape index (κ2) is 7.39. The van der Waals surface area contributed by atoms with E-state index in [-0.39, 0.29) is 24.5 Å². The number of imidazole rings is 1. The summed E-state index contributed by atoms with van der Waals surface area (Å²) >= 11 is 0. The van der Waals surface area contributed by atoms with Crippen molar-refractivity contribution in [2.45, 2.75) is 57.1 Å². The lowest BCUT2D eigenvalue weighted by Crippen LogP contribution is -2.42. The molecule has 0 aromatic carbocycles. The number of nitrogen functional groups attached to an aromatic ring is 1. The number of nitriles is 1. The number of methoxy groups -OCH3 is 1. The van der Waals surface area contributed by atoms with Crippen molar-refractivity contribution in [1.29, 1.82) is 5.26 Å². The zero-order valence-electron chi connectivity index (χ0n) is 17.1. The van der Waals surface area contributed by atoms with Crippen LogP contribution in [0.3, 0.4) is 0 Å². The van der Waals surface area contributed by atoms with Gasteiger partial charge in [0.25, 0.3) is 0 Å². The molecule has 0 amide bonds. The highest BCUT2D eigenvalue weighted by Gasteiger charge is 2.61. The molecular weight excluding hydrogens is 427 g/mol. The van der Waals surface area contributed by atoms with Gasteiger partial charge in [0.15, 0.2) is 17.4 Å². The molecule has 2 aromatic rings. The number of ether oxygens (including phenoxy) is 2. The summed E-state index contributed by atoms with van der Waals surface area (Å²) in [4.78, 5) is 12.6. The van der Waals surface area contributed by atoms with Gasteiger partial charge in [-0.3, -0.25) is 18.1 Å². The van der Waals surface area contributed by atoms with Crippen LogP contribution in [0.1, 0.15) is 38.8 Å². The molecule has 1 saturated carbocycles. The minimum atomic E-state index is -3.82. The van der Waals surface area contributed by atoms with E-state index in [2.05, 4.69) is 21.0 Å². The number of nitrogens with two attached hydrogens (primary N) is 1. The molecule has 31 heavy (non-hydrogen) atoms. The average molecular weight is 450 g/mol. The third kappa shape index (κ3) is 3.28. The summed E-state index contributed by atoms with van der Waals surface area (Å²) in [5.74, 6) is 0.207. The zero-order valence-corrected chi connectivity index (χ0v) is 18.0. The lowest BCUT2D eigenvalue weighted by Gasteiger charge is -2.35. The van der Waals surface area contributed by atoms with Gasteiger partial charge in [0, 0.05) is 0 Å². The largest absolute Gasteiger partial charge is 0.479 e. The van der Waals surface area contributed by atoms with Crippen LogP contribution >= 0.6 is 7.82 Å². The third-order valence-electron chi connectivity index (χ3n) is 6.06. The molecule has 5 atom stereocenters. The molecule has 12 nitrogen and oxygen atoms in total. The van der Waals surface area contributed by atoms with E-state index in [1.807, 2.05) is 0 Å². The first-order valence-electron chi connectivity index (χ1n) is 10.1. The Morgan fingerprint density at radius 2 is 2.16 bits per heavy atom. The van der Waals surface area contributed by atoms with Gasteiger partial charge in [0.05, 0.1) is 32.2 Å². The molecule has 1 unspecified atom stereocenters. The first-order chi connectivity index (χ1) is 14.9. The summed E-state index contributed by atoms with van der Waals surface area (Å²) < 4.78 is 43.1. The standard InChI is InChI=1S/C18H23N6O6P/c1-18(8-19)13-11(7-27-31(25,30-13)29-10-5-3-4-6-10)28-16(18)24-9-21-12-14(24)22-17(20)23-15(12)26-2/h9-11,13,16H,3-7H2,1-2H3,(H2,20,22,23)/t11-,13-,16-,18-,31?/m1/s1. The fourth-order valence-corrected chi connectivity index (χ4v) is 6.18. The van der Waals surface area contributed by atoms with E-state index >= 15 is 0 Å². The molecule has 3 fully saturated rings. The molecule has 0 bridgehead atoms. The van der Waals surface area contributed by atoms with E-state index < -0.39 is 31.7 Å². The Labute approximate surface area is 178 Å². The van der Waals surface area contributed by atoms with Crippen molar-refractivity contribution < 1.29 is 27.6 Å². The van der Waals surface area contributed by atoms with Crippen LogP contribution < -0.4 is 10.5 Å². The van der Waals surface area contributed by atoms with Gasteiger partial charge in [-0.15, -0.1) is 0 Å². The molecule has 2 N–H and O–H groups in total. The summed E-state index contributed by atoms with van der Waals surface area (Å²) in [5, 5.41) is 10.1. The van der Waals surface area contributed by atoms with Crippen LogP contribution in [0.4, 0.5) is 5.95 Å². The van der Waals surface area contributed by atoms with Gasteiger partial charge in [0.1, 0.15) is 17.6 Å². The van der Waals surface area contributed by atoms with Gasteiger partial charge in [-0.1, -0.05) is 12.8 Å². The first kappa shape index (κ1) is 20.6. The number of rotatable bonds is 4. The van der Waals surface area contributed by atoms with E-state index in [1.54, 1.807) is 11.5 Å². The lowest BCUT2D eigenvalue weighted by atomic mass is 9.84. The first-order valence-corrected chi connectivity index (χ1v) is 11.5. The molecule has 0 spiro atoms. The monoisotopic (exact) mass is 450 g/mol. The van der Waals surface area contributed by atoms with Crippen LogP contribution in [0.5, 0.6) is 5.88 Å². The minimum absolute atomic E-state index is 0.00535. The zero-order chi connectivity index (χ0) is 21.8. The predicted octanol–water partition coefficient (Wildman–Crippen LogP) is 2.33. The number of phosphoric acid groups is 1. The smallest absolute Gasteiger partial charge is 0.475 e. The van der Waals surface area contributed by atoms with Crippen LogP contribution in [0.25, 0.3) is 11.2 Å². The van der Waals surface area contributed by atoms with Crippen LogP contribution in [0, 0.1) is 16.7 Å². The van der Waals surface area contributed by atoms with E-state index in [9.17, 15) is 9.83 Å². The molecular formula is C18H23N6O6P. The number of aromatic nitrogens is 4. The number of phosphoric ester groups is 1. The summed E-state index contributed by atoms with van der Waals surface area (Å²) in [6, 6.07) is 2.28. The van der Waals surface area contributed by atoms with Crippen molar-refractivity contribution in [2.75, 3.05) is 19.5 Å². The Hall–Kier alpha value is -2.29. The van der Waals surface area contributed by atoms with Gasteiger partial charge in [0.2, 0.25) is 11.8 Å². The highest BCUT2D eigenvalue weighted by Crippen LogP contribution is 2.62. The number of hydrogen-bond acceptors (Lipinski definition) is 11. The minimum Gasteiger partial charge on any atom is -0.479 e. The predicted molar refractivity (Wildman–Crippen MR) is 106 cm³/mol. The maximum Gasteiger partial charge on any atom is 0.475 e. The second-order valence-electron chi connectivity index (χ2n) is 8.12. The van der Waals surface area contributed by atoms with Gasteiger partial charge >= 0.3 is 7.82 Å². The number of anilines is 1. The van der Waals surface area contributed by atoms with E-state index in [0.717, 1.165) is 25.7 Å². The summed E-state index contributed by atoms with van der Waals surface area (Å²) in [6.45, 7) is 1.66. The molecule has 13 heteroatoms. The molecule has 4 heterocycles. The highest BCUT2D eigenvalue weighted by molar-refractivity contribution is 7.48. The summed E-state index contributed by atoms with van der Waals surface area (Å²) in [7, 11) is -2.37. The normalized spacial score (nSPS) is 35.8. The molecule has 2 aliphatic heterocycles. The summed E-state index contributed by atoms with van der Waals surface area (Å²) in [6.07, 6.45) is 2.66. The topological polar surface area (TPSA) is 157 Å². The van der Waals surface area contributed by atoms with Crippen molar-refractivity contribution in [1.82, 2.24) is 19.5 Å². The molecule has 3 aliphatic rings. The lowest BCUT2D eigenvalue weighted by molar-refractivity contribution is -0.0745. The fourth-order valence-electron chi connectivity index (χ4n) is 4.47. The van der Waals surface area contributed by atoms with Crippen LogP contribution in [0.15, 0.2) is 6.33 Å². The van der Waals surface area contributed by atoms with Gasteiger partial charge in [-0.05, 0) is 19.8 Å². The van der Waals surface area contributed by atoms with Crippen molar-refractivity contribution in [3.8, 4) is 11.9 Å². The molecule has 0 radical (unpaired) electrons. The fraction of sp³-hybridized carbons (Fsp3) is 0.667. The van der Waals surface area contributed by atoms with Gasteiger partial charge in [-0.2, -0.15) is 15.2 Å². The molecule has 5 rings (SSSR count). The maximum absolute atomic E-state index is 13.2. The Bertz CT molecular complexity index is 1100. The van der Waals surface area contributed by atoms with Crippen molar-refractivity contribution >= 4 is 24.9 Å². The summed E-state index contributed by atoms with van der Waals surface area (Å²) in [5.41, 5.74) is 5.30. The van der Waals surface area contributed by atoms with Gasteiger partial charge in [-0.25, -0.2) is 9.55 Å². The third-order valence-corrected chi connectivity index (χ3v) is 7.57. The van der Waals surface area contributed by atoms with Crippen LogP contribution in [0.2, 0.25) is 0 Å². The van der Waals surface area contributed by atoms with Crippen molar-refractivity contribution in [3.63, 3.8) is 0 Å². The van der Waals surface area contributed by atoms with Crippen LogP contribution in [-0.4, -0.2) is 51.5 Å². The Balaban J connectivity index is 1.49. The Kier molecular flexibility index (Phi) is 4.91. The van der Waals surface area contributed by atoms with Gasteiger partial charge < -0.3 is 15.2 Å². The molecule has 2 saturated heterocycles. The SMILES string of the molecule is COc1nc(N)nc2c1ncn2[C@@H]1O[C@@H]2COP(=O)(OC3CCCC3)O[C@H]2[C@@]1(C)C#N. The highest BCUT2D eigenvalue weighted by atomic mass is 31.2.